The molecular weight excluding hydrogens is 468 g/mol. The van der Waals surface area contributed by atoms with E-state index in [1.807, 2.05) is 0 Å². The minimum Gasteiger partial charge on any atom is -0.510 e. The molecule has 1 aromatic rings. The molecule has 6 atom stereocenters. The molecule has 0 bridgehead atoms. The molecule has 1 aromatic carbocycles. The highest BCUT2D eigenvalue weighted by Crippen LogP contribution is 2.56. The minimum absolute atomic E-state index is 0.0134. The number of nitrogens with two attached hydrogens (primary N) is 2. The Bertz CT molecular complexity index is 1320. The maximum Gasteiger partial charge on any atom is 0.255 e. The molecule has 5 aliphatic rings. The van der Waals surface area contributed by atoms with Gasteiger partial charge in [-0.3, -0.25) is 14.4 Å². The zero-order chi connectivity index (χ0) is 25.6. The second-order valence-electron chi connectivity index (χ2n) is 10.3. The van der Waals surface area contributed by atoms with Crippen molar-refractivity contribution in [3.63, 3.8) is 0 Å². The number of anilines is 1. The number of carbonyl (C=O) groups excluding carboxylic acids is 3. The average molecular weight is 497 g/mol. The van der Waals surface area contributed by atoms with E-state index >= 15 is 0 Å². The molecule has 3 unspecified atom stereocenters. The van der Waals surface area contributed by atoms with Crippen molar-refractivity contribution in [3.8, 4) is 11.5 Å². The number of fused-ring (bicyclic) bond motifs is 6. The number of phenolic OH excluding ortho intramolecular Hbond substituents is 1. The molecule has 2 heterocycles. The van der Waals surface area contributed by atoms with Crippen molar-refractivity contribution in [2.75, 3.05) is 25.5 Å². The Morgan fingerprint density at radius 2 is 1.92 bits per heavy atom. The SMILES string of the molecule is COc1c2c(c(O)c3c1C1NCCC1CN3)C(O)=C1C(=O)C3C(=O)C(C(N)=O)=C(O)[C@@H](N)[C@@H]3C[C@@H]1C2. The van der Waals surface area contributed by atoms with Gasteiger partial charge in [0.05, 0.1) is 30.3 Å². The first-order chi connectivity index (χ1) is 17.2. The maximum absolute atomic E-state index is 13.7. The maximum atomic E-state index is 13.7. The van der Waals surface area contributed by atoms with E-state index in [0.717, 1.165) is 18.5 Å². The molecule has 11 nitrogen and oxygen atoms in total. The van der Waals surface area contributed by atoms with Crippen molar-refractivity contribution in [1.82, 2.24) is 5.32 Å². The number of benzene rings is 1. The number of nitrogens with one attached hydrogen (secondary N) is 2. The minimum atomic E-state index is -1.35. The van der Waals surface area contributed by atoms with Crippen LogP contribution in [0.15, 0.2) is 16.9 Å². The first-order valence-corrected chi connectivity index (χ1v) is 12.1. The lowest BCUT2D eigenvalue weighted by Crippen LogP contribution is -2.54. The normalized spacial score (nSPS) is 32.7. The quantitative estimate of drug-likeness (QED) is 0.170. The number of amides is 1. The highest BCUT2D eigenvalue weighted by Gasteiger charge is 2.55. The van der Waals surface area contributed by atoms with Crippen molar-refractivity contribution >= 4 is 28.9 Å². The Hall–Kier alpha value is -3.57. The van der Waals surface area contributed by atoms with Gasteiger partial charge in [0.15, 0.2) is 17.3 Å². The molecule has 1 amide bonds. The largest absolute Gasteiger partial charge is 0.510 e. The lowest BCUT2D eigenvalue weighted by atomic mass is 9.59. The molecule has 0 aromatic heterocycles. The zero-order valence-corrected chi connectivity index (χ0v) is 19.6. The number of phenols is 1. The summed E-state index contributed by atoms with van der Waals surface area (Å²) in [4.78, 5) is 38.6. The third-order valence-corrected chi connectivity index (χ3v) is 8.66. The Kier molecular flexibility index (Phi) is 4.90. The summed E-state index contributed by atoms with van der Waals surface area (Å²) >= 11 is 0. The zero-order valence-electron chi connectivity index (χ0n) is 19.6. The molecule has 0 radical (unpaired) electrons. The molecule has 3 aliphatic carbocycles. The predicted octanol–water partition coefficient (Wildman–Crippen LogP) is 0.331. The second-order valence-corrected chi connectivity index (χ2v) is 10.3. The number of carbonyl (C=O) groups is 3. The van der Waals surface area contributed by atoms with Crippen LogP contribution >= 0.6 is 0 Å². The van der Waals surface area contributed by atoms with E-state index in [2.05, 4.69) is 10.6 Å². The number of methoxy groups -OCH3 is 1. The van der Waals surface area contributed by atoms with Gasteiger partial charge < -0.3 is 42.2 Å². The summed E-state index contributed by atoms with van der Waals surface area (Å²) in [5, 5.41) is 39.9. The summed E-state index contributed by atoms with van der Waals surface area (Å²) in [7, 11) is 1.54. The number of aromatic hydroxyl groups is 1. The van der Waals surface area contributed by atoms with E-state index in [1.54, 1.807) is 0 Å². The Balaban J connectivity index is 1.52. The number of rotatable bonds is 2. The van der Waals surface area contributed by atoms with Crippen molar-refractivity contribution in [1.29, 1.82) is 0 Å². The van der Waals surface area contributed by atoms with Gasteiger partial charge in [0, 0.05) is 29.3 Å². The van der Waals surface area contributed by atoms with E-state index in [9.17, 15) is 29.7 Å². The molecule has 2 aliphatic heterocycles. The van der Waals surface area contributed by atoms with Gasteiger partial charge in [0.1, 0.15) is 22.8 Å². The van der Waals surface area contributed by atoms with Crippen LogP contribution in [0.2, 0.25) is 0 Å². The Labute approximate surface area is 206 Å². The van der Waals surface area contributed by atoms with Gasteiger partial charge in [-0.2, -0.15) is 0 Å². The van der Waals surface area contributed by atoms with Gasteiger partial charge in [0.25, 0.3) is 5.91 Å². The number of aliphatic hydroxyl groups is 2. The van der Waals surface area contributed by atoms with Crippen molar-refractivity contribution in [2.24, 2.45) is 35.1 Å². The Morgan fingerprint density at radius 1 is 1.17 bits per heavy atom. The van der Waals surface area contributed by atoms with Crippen LogP contribution in [0.1, 0.15) is 35.6 Å². The molecule has 2 fully saturated rings. The fraction of sp³-hybridized carbons (Fsp3) is 0.480. The smallest absolute Gasteiger partial charge is 0.255 e. The second kappa shape index (κ2) is 7.71. The third kappa shape index (κ3) is 2.78. The summed E-state index contributed by atoms with van der Waals surface area (Å²) in [6.07, 6.45) is 1.45. The lowest BCUT2D eigenvalue weighted by molar-refractivity contribution is -0.135. The average Bonchev–Trinajstić information content (AvgIpc) is 3.31. The molecule has 9 N–H and O–H groups in total. The predicted molar refractivity (Wildman–Crippen MR) is 127 cm³/mol. The van der Waals surface area contributed by atoms with Crippen LogP contribution in [0, 0.1) is 23.7 Å². The van der Waals surface area contributed by atoms with Gasteiger partial charge in [-0.15, -0.1) is 0 Å². The van der Waals surface area contributed by atoms with Gasteiger partial charge in [-0.25, -0.2) is 0 Å². The van der Waals surface area contributed by atoms with Crippen LogP contribution in [-0.2, 0) is 20.8 Å². The standard InChI is InChI=1S/C25H28N4O7/c1-36-24-10-5-8-4-9-12(21(32)15(25(27)35)22(33)16(9)26)19(30)11(8)20(31)13(10)23(34)18-14(24)17-7(6-29-18)2-3-28-17/h7-9,12,16-17,28-29,31,33-34H,2-6,26H2,1H3,(H2,27,35)/t7?,8-,9-,12?,16+,17?/m1/s1. The fourth-order valence-corrected chi connectivity index (χ4v) is 7.08. The summed E-state index contributed by atoms with van der Waals surface area (Å²) in [5.41, 5.74) is 12.8. The summed E-state index contributed by atoms with van der Waals surface area (Å²) < 4.78 is 5.84. The number of hydrogen-bond donors (Lipinski definition) is 7. The van der Waals surface area contributed by atoms with Crippen LogP contribution in [0.4, 0.5) is 5.69 Å². The van der Waals surface area contributed by atoms with E-state index < -0.39 is 58.4 Å². The van der Waals surface area contributed by atoms with E-state index in [-0.39, 0.29) is 35.8 Å². The lowest BCUT2D eigenvalue weighted by Gasteiger charge is -2.44. The first-order valence-electron chi connectivity index (χ1n) is 12.1. The highest BCUT2D eigenvalue weighted by atomic mass is 16.5. The molecule has 11 heteroatoms. The number of aliphatic hydroxyl groups excluding tert-OH is 2. The van der Waals surface area contributed by atoms with Crippen molar-refractivity contribution < 1.29 is 34.4 Å². The molecular formula is C25H28N4O7. The molecule has 6 rings (SSSR count). The van der Waals surface area contributed by atoms with Crippen molar-refractivity contribution in [3.05, 3.63) is 33.6 Å². The molecule has 1 saturated carbocycles. The molecule has 36 heavy (non-hydrogen) atoms. The van der Waals surface area contributed by atoms with Gasteiger partial charge in [-0.1, -0.05) is 0 Å². The number of hydrogen-bond acceptors (Lipinski definition) is 10. The summed E-state index contributed by atoms with van der Waals surface area (Å²) in [6, 6.07) is -1.15. The van der Waals surface area contributed by atoms with Crippen LogP contribution in [0.3, 0.4) is 0 Å². The summed E-state index contributed by atoms with van der Waals surface area (Å²) in [5.74, 6) is -5.70. The number of primary amides is 1. The molecule has 190 valence electrons. The van der Waals surface area contributed by atoms with Gasteiger partial charge in [-0.05, 0) is 43.6 Å². The molecule has 1 saturated heterocycles. The fourth-order valence-electron chi connectivity index (χ4n) is 7.08. The number of ether oxygens (including phenoxy) is 1. The Morgan fingerprint density at radius 3 is 2.61 bits per heavy atom. The van der Waals surface area contributed by atoms with Gasteiger partial charge in [0.2, 0.25) is 0 Å². The highest BCUT2D eigenvalue weighted by molar-refractivity contribution is 6.28. The number of ketones is 2. The third-order valence-electron chi connectivity index (χ3n) is 8.66. The van der Waals surface area contributed by atoms with E-state index in [1.165, 1.54) is 7.11 Å². The van der Waals surface area contributed by atoms with E-state index in [4.69, 9.17) is 16.2 Å². The molecule has 0 spiro atoms. The topological polar surface area (TPSA) is 197 Å². The van der Waals surface area contributed by atoms with E-state index in [0.29, 0.717) is 29.5 Å². The van der Waals surface area contributed by atoms with Gasteiger partial charge >= 0.3 is 0 Å². The van der Waals surface area contributed by atoms with Crippen LogP contribution in [-0.4, -0.2) is 59.0 Å². The first kappa shape index (κ1) is 22.9. The van der Waals surface area contributed by atoms with Crippen LogP contribution < -0.4 is 26.8 Å². The van der Waals surface area contributed by atoms with Crippen LogP contribution in [0.5, 0.6) is 11.5 Å². The number of Topliss-reactive ketones (excluding diaryl/α,β-unsaturated/α-hetero) is 2. The summed E-state index contributed by atoms with van der Waals surface area (Å²) in [6.45, 7) is 1.48. The van der Waals surface area contributed by atoms with Crippen molar-refractivity contribution in [2.45, 2.75) is 31.3 Å². The van der Waals surface area contributed by atoms with Crippen LogP contribution in [0.25, 0.3) is 5.76 Å². The monoisotopic (exact) mass is 496 g/mol. The number of allylic oxidation sites excluding steroid dienone is 1.